The first-order valence-corrected chi connectivity index (χ1v) is 8.44. The predicted octanol–water partition coefficient (Wildman–Crippen LogP) is 2.33. The number of benzene rings is 1. The number of ether oxygens (including phenoxy) is 1. The van der Waals surface area contributed by atoms with E-state index in [9.17, 15) is 9.59 Å². The Kier molecular flexibility index (Phi) is 6.75. The van der Waals surface area contributed by atoms with Crippen LogP contribution in [-0.2, 0) is 14.3 Å². The number of rotatable bonds is 6. The van der Waals surface area contributed by atoms with E-state index < -0.39 is 0 Å². The standard InChI is InChI=1S/C18H27N3O3/c1-13(2)10-15-12-24-9-8-21(15)11-18(23)20-17-7-5-4-6-16(17)19-14(3)22/h4-7,13,15H,8-12H2,1-3H3,(H,19,22)(H,20,23)/t15-/m1/s1. The van der Waals surface area contributed by atoms with Crippen LogP contribution in [0.15, 0.2) is 24.3 Å². The van der Waals surface area contributed by atoms with Crippen LogP contribution in [0.1, 0.15) is 27.2 Å². The van der Waals surface area contributed by atoms with Gasteiger partial charge in [0.25, 0.3) is 0 Å². The summed E-state index contributed by atoms with van der Waals surface area (Å²) in [5, 5.41) is 5.63. The number of carbonyl (C=O) groups is 2. The molecule has 6 nitrogen and oxygen atoms in total. The van der Waals surface area contributed by atoms with Gasteiger partial charge in [-0.1, -0.05) is 26.0 Å². The quantitative estimate of drug-likeness (QED) is 0.838. The van der Waals surface area contributed by atoms with Gasteiger partial charge in [-0.05, 0) is 24.5 Å². The van der Waals surface area contributed by atoms with Gasteiger partial charge in [-0.2, -0.15) is 0 Å². The van der Waals surface area contributed by atoms with Gasteiger partial charge in [0, 0.05) is 19.5 Å². The average molecular weight is 333 g/mol. The molecule has 0 aliphatic carbocycles. The molecule has 0 radical (unpaired) electrons. The first kappa shape index (κ1) is 18.4. The van der Waals surface area contributed by atoms with Gasteiger partial charge in [-0.15, -0.1) is 0 Å². The summed E-state index contributed by atoms with van der Waals surface area (Å²) in [5.41, 5.74) is 1.23. The van der Waals surface area contributed by atoms with Gasteiger partial charge in [-0.3, -0.25) is 14.5 Å². The van der Waals surface area contributed by atoms with Crippen LogP contribution in [0.25, 0.3) is 0 Å². The summed E-state index contributed by atoms with van der Waals surface area (Å²) in [6.45, 7) is 8.22. The molecule has 132 valence electrons. The van der Waals surface area contributed by atoms with Crippen molar-refractivity contribution in [2.75, 3.05) is 36.9 Å². The van der Waals surface area contributed by atoms with Crippen molar-refractivity contribution in [2.24, 2.45) is 5.92 Å². The molecule has 0 bridgehead atoms. The van der Waals surface area contributed by atoms with E-state index in [1.807, 2.05) is 12.1 Å². The summed E-state index contributed by atoms with van der Waals surface area (Å²) in [7, 11) is 0. The molecular weight excluding hydrogens is 306 g/mol. The highest BCUT2D eigenvalue weighted by atomic mass is 16.5. The molecular formula is C18H27N3O3. The van der Waals surface area contributed by atoms with Crippen molar-refractivity contribution >= 4 is 23.2 Å². The summed E-state index contributed by atoms with van der Waals surface area (Å²) in [4.78, 5) is 25.9. The molecule has 0 saturated carbocycles. The average Bonchev–Trinajstić information content (AvgIpc) is 2.50. The summed E-state index contributed by atoms with van der Waals surface area (Å²) in [6, 6.07) is 7.48. The third-order valence-corrected chi connectivity index (χ3v) is 3.95. The van der Waals surface area contributed by atoms with Crippen LogP contribution in [-0.4, -0.2) is 49.1 Å². The predicted molar refractivity (Wildman–Crippen MR) is 95.0 cm³/mol. The van der Waals surface area contributed by atoms with Crippen molar-refractivity contribution in [3.8, 4) is 0 Å². The lowest BCUT2D eigenvalue weighted by atomic mass is 10.0. The zero-order chi connectivity index (χ0) is 17.5. The highest BCUT2D eigenvalue weighted by Gasteiger charge is 2.25. The van der Waals surface area contributed by atoms with Gasteiger partial charge in [0.2, 0.25) is 11.8 Å². The summed E-state index contributed by atoms with van der Waals surface area (Å²) < 4.78 is 5.56. The molecule has 1 atom stereocenters. The van der Waals surface area contributed by atoms with Crippen LogP contribution in [0.3, 0.4) is 0 Å². The molecule has 1 saturated heterocycles. The minimum atomic E-state index is -0.165. The fourth-order valence-electron chi connectivity index (χ4n) is 2.92. The lowest BCUT2D eigenvalue weighted by molar-refractivity contribution is -0.120. The Bertz CT molecular complexity index is 574. The smallest absolute Gasteiger partial charge is 0.238 e. The minimum Gasteiger partial charge on any atom is -0.378 e. The minimum absolute atomic E-state index is 0.0801. The second-order valence-electron chi connectivity index (χ2n) is 6.60. The van der Waals surface area contributed by atoms with Crippen molar-refractivity contribution in [3.63, 3.8) is 0 Å². The number of nitrogens with zero attached hydrogens (tertiary/aromatic N) is 1. The van der Waals surface area contributed by atoms with E-state index in [1.165, 1.54) is 6.92 Å². The Morgan fingerprint density at radius 2 is 1.92 bits per heavy atom. The summed E-state index contributed by atoms with van der Waals surface area (Å²) in [6.07, 6.45) is 1.01. The second-order valence-corrected chi connectivity index (χ2v) is 6.60. The fraction of sp³-hybridized carbons (Fsp3) is 0.556. The maximum atomic E-state index is 12.4. The molecule has 1 aromatic carbocycles. The third kappa shape index (κ3) is 5.62. The molecule has 2 N–H and O–H groups in total. The maximum Gasteiger partial charge on any atom is 0.238 e. The SMILES string of the molecule is CC(=O)Nc1ccccc1NC(=O)CN1CCOC[C@H]1CC(C)C. The number of nitrogens with one attached hydrogen (secondary N) is 2. The molecule has 0 unspecified atom stereocenters. The Morgan fingerprint density at radius 1 is 1.25 bits per heavy atom. The molecule has 2 rings (SSSR count). The fourth-order valence-corrected chi connectivity index (χ4v) is 2.92. The number of hydrogen-bond acceptors (Lipinski definition) is 4. The Hall–Kier alpha value is -1.92. The van der Waals surface area contributed by atoms with Crippen LogP contribution < -0.4 is 10.6 Å². The number of amides is 2. The van der Waals surface area contributed by atoms with E-state index in [2.05, 4.69) is 29.4 Å². The second kappa shape index (κ2) is 8.80. The van der Waals surface area contributed by atoms with Crippen molar-refractivity contribution in [1.29, 1.82) is 0 Å². The van der Waals surface area contributed by atoms with Crippen molar-refractivity contribution in [1.82, 2.24) is 4.90 Å². The van der Waals surface area contributed by atoms with E-state index in [0.29, 0.717) is 37.1 Å². The normalized spacial score (nSPS) is 18.4. The number of hydrogen-bond donors (Lipinski definition) is 2. The lowest BCUT2D eigenvalue weighted by Gasteiger charge is -2.36. The molecule has 1 aliphatic heterocycles. The first-order chi connectivity index (χ1) is 11.5. The molecule has 6 heteroatoms. The number of morpholine rings is 1. The van der Waals surface area contributed by atoms with Gasteiger partial charge in [0.15, 0.2) is 0 Å². The molecule has 0 spiro atoms. The molecule has 24 heavy (non-hydrogen) atoms. The van der Waals surface area contributed by atoms with Crippen molar-refractivity contribution in [2.45, 2.75) is 33.2 Å². The highest BCUT2D eigenvalue weighted by Crippen LogP contribution is 2.21. The first-order valence-electron chi connectivity index (χ1n) is 8.44. The van der Waals surface area contributed by atoms with E-state index in [0.717, 1.165) is 13.0 Å². The highest BCUT2D eigenvalue weighted by molar-refractivity contribution is 5.99. The van der Waals surface area contributed by atoms with Crippen LogP contribution in [0.2, 0.25) is 0 Å². The molecule has 1 fully saturated rings. The Balaban J connectivity index is 1.98. The van der Waals surface area contributed by atoms with E-state index in [-0.39, 0.29) is 17.9 Å². The van der Waals surface area contributed by atoms with Gasteiger partial charge in [-0.25, -0.2) is 0 Å². The third-order valence-electron chi connectivity index (χ3n) is 3.95. The molecule has 2 amide bonds. The van der Waals surface area contributed by atoms with Crippen LogP contribution in [0, 0.1) is 5.92 Å². The monoisotopic (exact) mass is 333 g/mol. The van der Waals surface area contributed by atoms with Gasteiger partial charge >= 0.3 is 0 Å². The van der Waals surface area contributed by atoms with Gasteiger partial charge in [0.05, 0.1) is 31.1 Å². The van der Waals surface area contributed by atoms with E-state index >= 15 is 0 Å². The number of anilines is 2. The number of para-hydroxylation sites is 2. The topological polar surface area (TPSA) is 70.7 Å². The van der Waals surface area contributed by atoms with E-state index in [1.54, 1.807) is 12.1 Å². The zero-order valence-electron chi connectivity index (χ0n) is 14.7. The molecule has 0 aromatic heterocycles. The van der Waals surface area contributed by atoms with Crippen molar-refractivity contribution in [3.05, 3.63) is 24.3 Å². The Morgan fingerprint density at radius 3 is 2.54 bits per heavy atom. The molecule has 1 heterocycles. The maximum absolute atomic E-state index is 12.4. The Labute approximate surface area is 143 Å². The van der Waals surface area contributed by atoms with Crippen LogP contribution >= 0.6 is 0 Å². The molecule has 1 aliphatic rings. The van der Waals surface area contributed by atoms with Crippen LogP contribution in [0.5, 0.6) is 0 Å². The van der Waals surface area contributed by atoms with Crippen LogP contribution in [0.4, 0.5) is 11.4 Å². The lowest BCUT2D eigenvalue weighted by Crippen LogP contribution is -2.49. The van der Waals surface area contributed by atoms with Crippen molar-refractivity contribution < 1.29 is 14.3 Å². The zero-order valence-corrected chi connectivity index (χ0v) is 14.7. The number of carbonyl (C=O) groups excluding carboxylic acids is 2. The summed E-state index contributed by atoms with van der Waals surface area (Å²) >= 11 is 0. The van der Waals surface area contributed by atoms with Gasteiger partial charge in [0.1, 0.15) is 0 Å². The summed E-state index contributed by atoms with van der Waals surface area (Å²) in [5.74, 6) is 0.313. The largest absolute Gasteiger partial charge is 0.378 e. The van der Waals surface area contributed by atoms with E-state index in [4.69, 9.17) is 4.74 Å². The molecule has 1 aromatic rings. The van der Waals surface area contributed by atoms with Gasteiger partial charge < -0.3 is 15.4 Å².